The summed E-state index contributed by atoms with van der Waals surface area (Å²) in [7, 11) is 1.62. The van der Waals surface area contributed by atoms with Gasteiger partial charge in [0.25, 0.3) is 0 Å². The predicted molar refractivity (Wildman–Crippen MR) is 125 cm³/mol. The van der Waals surface area contributed by atoms with Crippen molar-refractivity contribution in [3.8, 4) is 5.75 Å². The number of phenolic OH excluding ortho intramolecular Hbond substituents is 1. The SMILES string of the molecule is COCCOCCOCCOC1CCN(C(=O)[C@H](c2ccc(O)cc2)N(C(=O)O)C(C)(C)C)C1. The third-order valence-electron chi connectivity index (χ3n) is 5.47. The summed E-state index contributed by atoms with van der Waals surface area (Å²) in [6.45, 7) is 8.96. The van der Waals surface area contributed by atoms with Crippen molar-refractivity contribution in [3.63, 3.8) is 0 Å². The van der Waals surface area contributed by atoms with Gasteiger partial charge in [-0.15, -0.1) is 0 Å². The Balaban J connectivity index is 1.93. The molecule has 2 N–H and O–H groups in total. The summed E-state index contributed by atoms with van der Waals surface area (Å²) in [5.74, 6) is -0.260. The first kappa shape index (κ1) is 27.8. The molecule has 0 bridgehead atoms. The van der Waals surface area contributed by atoms with Crippen molar-refractivity contribution in [2.24, 2.45) is 0 Å². The van der Waals surface area contributed by atoms with Crippen LogP contribution in [0.1, 0.15) is 38.8 Å². The summed E-state index contributed by atoms with van der Waals surface area (Å²) in [5, 5.41) is 19.6. The molecule has 1 aliphatic rings. The average Bonchev–Trinajstić information content (AvgIpc) is 3.24. The Morgan fingerprint density at radius 2 is 1.65 bits per heavy atom. The quantitative estimate of drug-likeness (QED) is 0.412. The molecule has 1 aromatic rings. The van der Waals surface area contributed by atoms with Crippen molar-refractivity contribution in [1.29, 1.82) is 0 Å². The van der Waals surface area contributed by atoms with E-state index in [9.17, 15) is 19.8 Å². The van der Waals surface area contributed by atoms with Crippen LogP contribution in [-0.2, 0) is 23.7 Å². The number of hydrogen-bond acceptors (Lipinski definition) is 7. The van der Waals surface area contributed by atoms with Gasteiger partial charge in [-0.25, -0.2) is 4.79 Å². The second kappa shape index (κ2) is 13.5. The highest BCUT2D eigenvalue weighted by atomic mass is 16.6. The number of amides is 2. The van der Waals surface area contributed by atoms with Crippen LogP contribution in [0, 0.1) is 0 Å². The normalized spacial score (nSPS) is 17.1. The van der Waals surface area contributed by atoms with Gasteiger partial charge in [0.1, 0.15) is 11.8 Å². The molecule has 0 aliphatic carbocycles. The van der Waals surface area contributed by atoms with E-state index in [1.54, 1.807) is 44.9 Å². The summed E-state index contributed by atoms with van der Waals surface area (Å²) in [6.07, 6.45) is -0.662. The van der Waals surface area contributed by atoms with Gasteiger partial charge in [-0.3, -0.25) is 9.69 Å². The number of aromatic hydroxyl groups is 1. The van der Waals surface area contributed by atoms with Crippen molar-refractivity contribution in [2.75, 3.05) is 59.8 Å². The fourth-order valence-electron chi connectivity index (χ4n) is 3.82. The van der Waals surface area contributed by atoms with Gasteiger partial charge >= 0.3 is 6.09 Å². The molecule has 1 saturated heterocycles. The van der Waals surface area contributed by atoms with E-state index >= 15 is 0 Å². The molecule has 1 fully saturated rings. The molecule has 2 rings (SSSR count). The van der Waals surface area contributed by atoms with Crippen LogP contribution < -0.4 is 0 Å². The summed E-state index contributed by atoms with van der Waals surface area (Å²) < 4.78 is 21.6. The maximum absolute atomic E-state index is 13.5. The fraction of sp³-hybridized carbons (Fsp3) is 0.667. The van der Waals surface area contributed by atoms with Crippen LogP contribution in [0.2, 0.25) is 0 Å². The molecular formula is C24H38N2O8. The molecular weight excluding hydrogens is 444 g/mol. The lowest BCUT2D eigenvalue weighted by molar-refractivity contribution is -0.138. The zero-order chi connectivity index (χ0) is 25.1. The molecule has 10 heteroatoms. The molecule has 10 nitrogen and oxygen atoms in total. The van der Waals surface area contributed by atoms with Crippen molar-refractivity contribution >= 4 is 12.0 Å². The maximum Gasteiger partial charge on any atom is 0.408 e. The van der Waals surface area contributed by atoms with E-state index in [1.165, 1.54) is 17.0 Å². The van der Waals surface area contributed by atoms with Crippen LogP contribution in [0.3, 0.4) is 0 Å². The summed E-state index contributed by atoms with van der Waals surface area (Å²) in [6, 6.07) is 5.05. The largest absolute Gasteiger partial charge is 0.508 e. The predicted octanol–water partition coefficient (Wildman–Crippen LogP) is 2.51. The number of phenols is 1. The number of carbonyl (C=O) groups is 2. The Morgan fingerprint density at radius 1 is 1.06 bits per heavy atom. The van der Waals surface area contributed by atoms with E-state index in [0.717, 1.165) is 0 Å². The molecule has 192 valence electrons. The lowest BCUT2D eigenvalue weighted by Gasteiger charge is -2.40. The van der Waals surface area contributed by atoms with E-state index in [1.807, 2.05) is 0 Å². The summed E-state index contributed by atoms with van der Waals surface area (Å²) in [4.78, 5) is 28.5. The number of benzene rings is 1. The second-order valence-corrected chi connectivity index (χ2v) is 9.10. The molecule has 1 aromatic carbocycles. The highest BCUT2D eigenvalue weighted by molar-refractivity contribution is 5.87. The molecule has 1 unspecified atom stereocenters. The maximum atomic E-state index is 13.5. The van der Waals surface area contributed by atoms with E-state index in [0.29, 0.717) is 64.7 Å². The molecule has 2 amide bonds. The monoisotopic (exact) mass is 482 g/mol. The third-order valence-corrected chi connectivity index (χ3v) is 5.47. The number of nitrogens with zero attached hydrogens (tertiary/aromatic N) is 2. The number of hydrogen-bond donors (Lipinski definition) is 2. The number of rotatable bonds is 13. The van der Waals surface area contributed by atoms with E-state index in [-0.39, 0.29) is 17.8 Å². The number of likely N-dealkylation sites (tertiary alicyclic amines) is 1. The smallest absolute Gasteiger partial charge is 0.408 e. The number of carboxylic acid groups (broad SMARTS) is 1. The minimum atomic E-state index is -1.19. The molecule has 0 spiro atoms. The molecule has 0 saturated carbocycles. The minimum absolute atomic E-state index is 0.0472. The van der Waals surface area contributed by atoms with Crippen molar-refractivity contribution < 1.29 is 38.7 Å². The van der Waals surface area contributed by atoms with Gasteiger partial charge in [0.05, 0.1) is 45.7 Å². The Morgan fingerprint density at radius 3 is 2.21 bits per heavy atom. The Labute approximate surface area is 201 Å². The van der Waals surface area contributed by atoms with Gasteiger partial charge in [0.15, 0.2) is 0 Å². The highest BCUT2D eigenvalue weighted by Gasteiger charge is 2.42. The number of ether oxygens (including phenoxy) is 4. The van der Waals surface area contributed by atoms with Crippen molar-refractivity contribution in [3.05, 3.63) is 29.8 Å². The van der Waals surface area contributed by atoms with E-state index in [4.69, 9.17) is 18.9 Å². The van der Waals surface area contributed by atoms with Crippen molar-refractivity contribution in [1.82, 2.24) is 9.80 Å². The third kappa shape index (κ3) is 8.43. The van der Waals surface area contributed by atoms with Crippen molar-refractivity contribution in [2.45, 2.75) is 44.9 Å². The minimum Gasteiger partial charge on any atom is -0.508 e. The number of methoxy groups -OCH3 is 1. The van der Waals surface area contributed by atoms with Gasteiger partial charge in [-0.1, -0.05) is 12.1 Å². The fourth-order valence-corrected chi connectivity index (χ4v) is 3.82. The van der Waals surface area contributed by atoms with Crippen LogP contribution in [0.15, 0.2) is 24.3 Å². The molecule has 0 aromatic heterocycles. The Bertz CT molecular complexity index is 765. The lowest BCUT2D eigenvalue weighted by atomic mass is 9.97. The van der Waals surface area contributed by atoms with Gasteiger partial charge in [0.2, 0.25) is 5.91 Å². The first-order valence-electron chi connectivity index (χ1n) is 11.5. The van der Waals surface area contributed by atoms with Crippen LogP contribution in [0.25, 0.3) is 0 Å². The van der Waals surface area contributed by atoms with Gasteiger partial charge < -0.3 is 34.1 Å². The van der Waals surface area contributed by atoms with Crippen LogP contribution >= 0.6 is 0 Å². The van der Waals surface area contributed by atoms with E-state index < -0.39 is 17.7 Å². The Hall–Kier alpha value is -2.40. The topological polar surface area (TPSA) is 118 Å². The van der Waals surface area contributed by atoms with E-state index in [2.05, 4.69) is 0 Å². The lowest BCUT2D eigenvalue weighted by Crippen LogP contribution is -2.52. The average molecular weight is 483 g/mol. The molecule has 0 radical (unpaired) electrons. The highest BCUT2D eigenvalue weighted by Crippen LogP contribution is 2.32. The summed E-state index contributed by atoms with van der Waals surface area (Å²) in [5.41, 5.74) is -0.310. The standard InChI is InChI=1S/C24H38N2O8/c1-24(2,3)26(23(29)30)21(18-5-7-19(27)8-6-18)22(28)25-10-9-20(17-25)34-16-15-33-14-13-32-12-11-31-4/h5-8,20-21,27H,9-17H2,1-4H3,(H,29,30)/t20?,21-/m0/s1. The Kier molecular flexibility index (Phi) is 11.0. The van der Waals surface area contributed by atoms with Crippen LogP contribution in [0.5, 0.6) is 5.75 Å². The van der Waals surface area contributed by atoms with Gasteiger partial charge in [-0.2, -0.15) is 0 Å². The molecule has 2 atom stereocenters. The molecule has 1 heterocycles. The van der Waals surface area contributed by atoms with Gasteiger partial charge in [0, 0.05) is 25.7 Å². The van der Waals surface area contributed by atoms with Crippen LogP contribution in [0.4, 0.5) is 4.79 Å². The van der Waals surface area contributed by atoms with Crippen LogP contribution in [-0.4, -0.2) is 103 Å². The van der Waals surface area contributed by atoms with Gasteiger partial charge in [-0.05, 0) is 44.9 Å². The molecule has 34 heavy (non-hydrogen) atoms. The number of carbonyl (C=O) groups excluding carboxylic acids is 1. The second-order valence-electron chi connectivity index (χ2n) is 9.10. The zero-order valence-corrected chi connectivity index (χ0v) is 20.6. The molecule has 1 aliphatic heterocycles. The zero-order valence-electron chi connectivity index (χ0n) is 20.6. The first-order chi connectivity index (χ1) is 16.1. The first-order valence-corrected chi connectivity index (χ1v) is 11.5. The summed E-state index contributed by atoms with van der Waals surface area (Å²) >= 11 is 0.